The highest BCUT2D eigenvalue weighted by atomic mass is 35.5. The predicted molar refractivity (Wildman–Crippen MR) is 94.4 cm³/mol. The van der Waals surface area contributed by atoms with Crippen LogP contribution in [0.25, 0.3) is 0 Å². The Bertz CT molecular complexity index is 840. The maximum Gasteiger partial charge on any atom is 0.240 e. The molecule has 0 aliphatic carbocycles. The molecule has 2 aromatic carbocycles. The summed E-state index contributed by atoms with van der Waals surface area (Å²) in [5.74, 6) is -0.596. The second kappa shape index (κ2) is 6.57. The molecule has 1 aliphatic heterocycles. The summed E-state index contributed by atoms with van der Waals surface area (Å²) in [5.41, 5.74) is 1.99. The van der Waals surface area contributed by atoms with E-state index in [-0.39, 0.29) is 28.5 Å². The van der Waals surface area contributed by atoms with Crippen molar-refractivity contribution in [3.63, 3.8) is 0 Å². The fourth-order valence-electron chi connectivity index (χ4n) is 2.61. The Morgan fingerprint density at radius 3 is 2.71 bits per heavy atom. The summed E-state index contributed by atoms with van der Waals surface area (Å²) < 4.78 is 13.3. The van der Waals surface area contributed by atoms with Crippen LogP contribution in [0.3, 0.4) is 0 Å². The Balaban J connectivity index is 2.02. The van der Waals surface area contributed by atoms with Crippen LogP contribution in [-0.2, 0) is 11.3 Å². The molecule has 0 bridgehead atoms. The lowest BCUT2D eigenvalue weighted by Crippen LogP contribution is -2.39. The molecule has 3 nitrogen and oxygen atoms in total. The number of carbonyl (C=O) groups excluding carboxylic acids is 2. The highest BCUT2D eigenvalue weighted by molar-refractivity contribution is 8.00. The van der Waals surface area contributed by atoms with Crippen LogP contribution in [0.5, 0.6) is 0 Å². The number of hydrogen-bond acceptors (Lipinski definition) is 3. The van der Waals surface area contributed by atoms with Crippen LogP contribution in [-0.4, -0.2) is 16.9 Å². The van der Waals surface area contributed by atoms with E-state index in [1.54, 1.807) is 23.1 Å². The Morgan fingerprint density at radius 1 is 1.29 bits per heavy atom. The van der Waals surface area contributed by atoms with E-state index in [2.05, 4.69) is 0 Å². The Morgan fingerprint density at radius 2 is 2.04 bits per heavy atom. The van der Waals surface area contributed by atoms with Crippen LogP contribution in [0.15, 0.2) is 41.3 Å². The molecule has 0 spiro atoms. The number of hydrogen-bond donors (Lipinski definition) is 0. The summed E-state index contributed by atoms with van der Waals surface area (Å²) in [6, 6.07) is 9.78. The number of anilines is 1. The molecule has 1 aliphatic rings. The lowest BCUT2D eigenvalue weighted by Gasteiger charge is -2.32. The second-order valence-corrected chi connectivity index (χ2v) is 7.46. The number of carbonyl (C=O) groups is 2. The van der Waals surface area contributed by atoms with Gasteiger partial charge in [-0.1, -0.05) is 23.7 Å². The minimum absolute atomic E-state index is 0.0251. The van der Waals surface area contributed by atoms with Gasteiger partial charge in [0.15, 0.2) is 5.78 Å². The molecule has 1 atom stereocenters. The van der Waals surface area contributed by atoms with Gasteiger partial charge in [0.2, 0.25) is 5.91 Å². The zero-order chi connectivity index (χ0) is 17.4. The molecule has 2 aromatic rings. The lowest BCUT2D eigenvalue weighted by molar-refractivity contribution is -0.118. The van der Waals surface area contributed by atoms with E-state index in [0.717, 1.165) is 10.5 Å². The van der Waals surface area contributed by atoms with Crippen molar-refractivity contribution >= 4 is 40.7 Å². The van der Waals surface area contributed by atoms with Crippen LogP contribution >= 0.6 is 23.4 Å². The third-order valence-electron chi connectivity index (χ3n) is 3.90. The molecule has 24 heavy (non-hydrogen) atoms. The summed E-state index contributed by atoms with van der Waals surface area (Å²) in [4.78, 5) is 26.9. The maximum absolute atomic E-state index is 13.3. The average molecular weight is 364 g/mol. The molecular weight excluding hydrogens is 349 g/mol. The number of Topliss-reactive ketones (excluding diaryl/α,β-unsaturated/α-hetero) is 1. The quantitative estimate of drug-likeness (QED) is 0.741. The molecule has 3 rings (SSSR count). The predicted octanol–water partition coefficient (Wildman–Crippen LogP) is 4.71. The van der Waals surface area contributed by atoms with E-state index < -0.39 is 5.82 Å². The van der Waals surface area contributed by atoms with Gasteiger partial charge in [0.1, 0.15) is 5.82 Å². The number of ketones is 1. The van der Waals surface area contributed by atoms with Crippen LogP contribution in [0, 0.1) is 5.82 Å². The lowest BCUT2D eigenvalue weighted by atomic mass is 10.1. The van der Waals surface area contributed by atoms with Crippen LogP contribution in [0.1, 0.15) is 29.8 Å². The monoisotopic (exact) mass is 363 g/mol. The first-order valence-corrected chi connectivity index (χ1v) is 8.69. The number of fused-ring (bicyclic) bond motifs is 1. The van der Waals surface area contributed by atoms with Crippen LogP contribution in [0.2, 0.25) is 5.02 Å². The molecule has 0 fully saturated rings. The number of benzene rings is 2. The number of rotatable bonds is 3. The standard InChI is InChI=1S/C18H15ClFNO2S/c1-10(22)13-4-6-17-16(8-13)21(18(23)11(2)24-17)9-12-3-5-15(20)14(19)7-12/h3-8,11H,9H2,1-2H3. The summed E-state index contributed by atoms with van der Waals surface area (Å²) in [7, 11) is 0. The van der Waals surface area contributed by atoms with E-state index in [4.69, 9.17) is 11.6 Å². The first-order valence-electron chi connectivity index (χ1n) is 7.44. The van der Waals surface area contributed by atoms with Gasteiger partial charge in [-0.05, 0) is 43.7 Å². The minimum Gasteiger partial charge on any atom is -0.306 e. The van der Waals surface area contributed by atoms with Gasteiger partial charge in [0, 0.05) is 10.5 Å². The van der Waals surface area contributed by atoms with Crippen LogP contribution in [0.4, 0.5) is 10.1 Å². The normalized spacial score (nSPS) is 16.9. The van der Waals surface area contributed by atoms with Crippen molar-refractivity contribution in [2.24, 2.45) is 0 Å². The van der Waals surface area contributed by atoms with E-state index in [1.165, 1.54) is 30.8 Å². The average Bonchev–Trinajstić information content (AvgIpc) is 2.54. The number of amides is 1. The topological polar surface area (TPSA) is 37.4 Å². The van der Waals surface area contributed by atoms with Crippen molar-refractivity contribution < 1.29 is 14.0 Å². The fourth-order valence-corrected chi connectivity index (χ4v) is 3.86. The van der Waals surface area contributed by atoms with Gasteiger partial charge >= 0.3 is 0 Å². The number of thioether (sulfide) groups is 1. The fraction of sp³-hybridized carbons (Fsp3) is 0.222. The summed E-state index contributed by atoms with van der Waals surface area (Å²) in [5, 5.41) is -0.200. The molecule has 1 heterocycles. The number of halogens is 2. The van der Waals surface area contributed by atoms with Crippen molar-refractivity contribution in [2.45, 2.75) is 30.5 Å². The molecule has 1 unspecified atom stereocenters. The van der Waals surface area contributed by atoms with Crippen LogP contribution < -0.4 is 4.90 Å². The van der Waals surface area contributed by atoms with Gasteiger partial charge in [0.05, 0.1) is 22.5 Å². The third-order valence-corrected chi connectivity index (χ3v) is 5.34. The summed E-state index contributed by atoms with van der Waals surface area (Å²) in [6.45, 7) is 3.61. The highest BCUT2D eigenvalue weighted by Gasteiger charge is 2.31. The van der Waals surface area contributed by atoms with Crippen molar-refractivity contribution in [3.8, 4) is 0 Å². The summed E-state index contributed by atoms with van der Waals surface area (Å²) in [6.07, 6.45) is 0. The molecule has 124 valence electrons. The molecule has 0 radical (unpaired) electrons. The SMILES string of the molecule is CC(=O)c1ccc2c(c1)N(Cc1ccc(F)c(Cl)c1)C(=O)C(C)S2. The minimum atomic E-state index is -0.492. The molecule has 0 aromatic heterocycles. The third kappa shape index (κ3) is 3.19. The van der Waals surface area contributed by atoms with Gasteiger partial charge in [-0.3, -0.25) is 9.59 Å². The molecule has 1 amide bonds. The first kappa shape index (κ1) is 17.0. The van der Waals surface area contributed by atoms with Gasteiger partial charge in [-0.15, -0.1) is 11.8 Å². The molecule has 0 saturated carbocycles. The number of nitrogens with zero attached hydrogens (tertiary/aromatic N) is 1. The van der Waals surface area contributed by atoms with E-state index in [0.29, 0.717) is 11.3 Å². The van der Waals surface area contributed by atoms with Crippen molar-refractivity contribution in [1.82, 2.24) is 0 Å². The first-order chi connectivity index (χ1) is 11.4. The molecular formula is C18H15ClFNO2S. The van der Waals surface area contributed by atoms with E-state index in [1.807, 2.05) is 13.0 Å². The van der Waals surface area contributed by atoms with Gasteiger partial charge < -0.3 is 4.90 Å². The molecule has 0 N–H and O–H groups in total. The van der Waals surface area contributed by atoms with Crippen molar-refractivity contribution in [3.05, 3.63) is 58.4 Å². The Kier molecular flexibility index (Phi) is 4.65. The highest BCUT2D eigenvalue weighted by Crippen LogP contribution is 2.40. The zero-order valence-electron chi connectivity index (χ0n) is 13.2. The maximum atomic E-state index is 13.3. The Labute approximate surface area is 148 Å². The second-order valence-electron chi connectivity index (χ2n) is 5.67. The van der Waals surface area contributed by atoms with E-state index >= 15 is 0 Å². The van der Waals surface area contributed by atoms with E-state index in [9.17, 15) is 14.0 Å². The van der Waals surface area contributed by atoms with Gasteiger partial charge in [0.25, 0.3) is 0 Å². The summed E-state index contributed by atoms with van der Waals surface area (Å²) >= 11 is 7.31. The van der Waals surface area contributed by atoms with Gasteiger partial charge in [-0.2, -0.15) is 0 Å². The molecule has 0 saturated heterocycles. The van der Waals surface area contributed by atoms with Crippen molar-refractivity contribution in [1.29, 1.82) is 0 Å². The van der Waals surface area contributed by atoms with Gasteiger partial charge in [-0.25, -0.2) is 4.39 Å². The largest absolute Gasteiger partial charge is 0.306 e. The molecule has 6 heteroatoms. The smallest absolute Gasteiger partial charge is 0.240 e. The van der Waals surface area contributed by atoms with Crippen molar-refractivity contribution in [2.75, 3.05) is 4.90 Å². The zero-order valence-corrected chi connectivity index (χ0v) is 14.7. The Hall–Kier alpha value is -1.85.